The summed E-state index contributed by atoms with van der Waals surface area (Å²) in [5, 5.41) is 3.48. The zero-order chi connectivity index (χ0) is 16.3. The maximum atomic E-state index is 4.44. The molecule has 1 fully saturated rings. The van der Waals surface area contributed by atoms with Gasteiger partial charge in [0.1, 0.15) is 0 Å². The molecule has 0 radical (unpaired) electrons. The normalized spacial score (nSPS) is 18.2. The molecule has 1 aliphatic heterocycles. The second-order valence-corrected chi connectivity index (χ2v) is 7.81. The number of nitrogens with one attached hydrogen (secondary N) is 1. The van der Waals surface area contributed by atoms with E-state index in [9.17, 15) is 0 Å². The molecule has 1 unspecified atom stereocenters. The summed E-state index contributed by atoms with van der Waals surface area (Å²) in [6.07, 6.45) is 3.21. The van der Waals surface area contributed by atoms with E-state index in [2.05, 4.69) is 52.1 Å². The van der Waals surface area contributed by atoms with Crippen LogP contribution in [0, 0.1) is 5.92 Å². The van der Waals surface area contributed by atoms with E-state index in [0.29, 0.717) is 0 Å². The summed E-state index contributed by atoms with van der Waals surface area (Å²) in [6.45, 7) is 6.93. The Morgan fingerprint density at radius 2 is 2.26 bits per heavy atom. The van der Waals surface area contributed by atoms with E-state index in [4.69, 9.17) is 0 Å². The van der Waals surface area contributed by atoms with Gasteiger partial charge in [0.05, 0.1) is 0 Å². The Labute approximate surface area is 149 Å². The lowest BCUT2D eigenvalue weighted by Gasteiger charge is -2.21. The van der Waals surface area contributed by atoms with Crippen molar-refractivity contribution < 1.29 is 0 Å². The van der Waals surface area contributed by atoms with Crippen LogP contribution >= 0.6 is 23.5 Å². The van der Waals surface area contributed by atoms with Gasteiger partial charge in [-0.3, -0.25) is 4.99 Å². The number of hydrogen-bond donors (Lipinski definition) is 1. The van der Waals surface area contributed by atoms with Crippen LogP contribution in [0.5, 0.6) is 0 Å². The number of nitrogens with zero attached hydrogens (tertiary/aromatic N) is 2. The van der Waals surface area contributed by atoms with Crippen molar-refractivity contribution in [1.29, 1.82) is 0 Å². The van der Waals surface area contributed by atoms with Gasteiger partial charge in [0.15, 0.2) is 5.96 Å². The Bertz CT molecular complexity index is 490. The van der Waals surface area contributed by atoms with Crippen LogP contribution in [0.1, 0.15) is 6.42 Å². The molecule has 1 heterocycles. The number of guanidine groups is 1. The number of likely N-dealkylation sites (tertiary alicyclic amines) is 1. The monoisotopic (exact) mass is 349 g/mol. The predicted octanol–water partition coefficient (Wildman–Crippen LogP) is 3.60. The van der Waals surface area contributed by atoms with E-state index in [-0.39, 0.29) is 0 Å². The minimum Gasteiger partial charge on any atom is -0.355 e. The van der Waals surface area contributed by atoms with Gasteiger partial charge in [-0.1, -0.05) is 24.3 Å². The lowest BCUT2D eigenvalue weighted by molar-refractivity contribution is 0.476. The van der Waals surface area contributed by atoms with E-state index in [0.717, 1.165) is 43.0 Å². The minimum atomic E-state index is 0.744. The first-order valence-corrected chi connectivity index (χ1v) is 10.3. The third-order valence-electron chi connectivity index (χ3n) is 3.79. The van der Waals surface area contributed by atoms with Crippen molar-refractivity contribution in [2.24, 2.45) is 10.9 Å². The van der Waals surface area contributed by atoms with Crippen molar-refractivity contribution in [3.05, 3.63) is 43.0 Å². The lowest BCUT2D eigenvalue weighted by atomic mass is 10.2. The highest BCUT2D eigenvalue weighted by Gasteiger charge is 2.24. The quantitative estimate of drug-likeness (QED) is 0.255. The Balaban J connectivity index is 1.69. The molecule has 0 aliphatic carbocycles. The molecule has 1 N–H and O–H groups in total. The van der Waals surface area contributed by atoms with Crippen LogP contribution in [0.3, 0.4) is 0 Å². The number of benzene rings is 1. The van der Waals surface area contributed by atoms with Gasteiger partial charge in [-0.05, 0) is 24.5 Å². The standard InChI is InChI=1S/C18H27N3S2/c1-3-12-22-13-10-20-18(19-2)21-11-9-16(14-21)15-23-17-7-5-4-6-8-17/h3-8,16H,1,9-15H2,2H3,(H,19,20). The molecule has 0 aromatic heterocycles. The lowest BCUT2D eigenvalue weighted by Crippen LogP contribution is -2.41. The Morgan fingerprint density at radius 1 is 1.43 bits per heavy atom. The summed E-state index contributed by atoms with van der Waals surface area (Å²) in [5.74, 6) is 5.09. The van der Waals surface area contributed by atoms with Crippen molar-refractivity contribution in [3.8, 4) is 0 Å². The maximum Gasteiger partial charge on any atom is 0.193 e. The van der Waals surface area contributed by atoms with Crippen molar-refractivity contribution in [2.45, 2.75) is 11.3 Å². The zero-order valence-electron chi connectivity index (χ0n) is 13.9. The Hall–Kier alpha value is -1.07. The highest BCUT2D eigenvalue weighted by atomic mass is 32.2. The first kappa shape index (κ1) is 18.3. The van der Waals surface area contributed by atoms with Gasteiger partial charge in [0.2, 0.25) is 0 Å². The van der Waals surface area contributed by atoms with Crippen molar-refractivity contribution in [2.75, 3.05) is 43.9 Å². The molecule has 1 saturated heterocycles. The van der Waals surface area contributed by atoms with Crippen molar-refractivity contribution in [1.82, 2.24) is 10.2 Å². The number of hydrogen-bond acceptors (Lipinski definition) is 3. The van der Waals surface area contributed by atoms with E-state index in [1.54, 1.807) is 0 Å². The number of rotatable bonds is 8. The molecule has 1 aromatic rings. The third kappa shape index (κ3) is 6.51. The zero-order valence-corrected chi connectivity index (χ0v) is 15.5. The fourth-order valence-electron chi connectivity index (χ4n) is 2.63. The maximum absolute atomic E-state index is 4.44. The summed E-state index contributed by atoms with van der Waals surface area (Å²) in [4.78, 5) is 8.20. The predicted molar refractivity (Wildman–Crippen MR) is 106 cm³/mol. The molecule has 3 nitrogen and oxygen atoms in total. The highest BCUT2D eigenvalue weighted by molar-refractivity contribution is 7.99. The van der Waals surface area contributed by atoms with Crippen molar-refractivity contribution >= 4 is 29.5 Å². The van der Waals surface area contributed by atoms with E-state index < -0.39 is 0 Å². The van der Waals surface area contributed by atoms with Crippen LogP contribution in [0.2, 0.25) is 0 Å². The van der Waals surface area contributed by atoms with Crippen LogP contribution in [0.15, 0.2) is 52.9 Å². The first-order valence-electron chi connectivity index (χ1n) is 8.15. The SMILES string of the molecule is C=CCSCCNC(=NC)N1CCC(CSc2ccccc2)C1. The molecule has 5 heteroatoms. The molecule has 23 heavy (non-hydrogen) atoms. The number of thioether (sulfide) groups is 2. The molecule has 1 aromatic carbocycles. The number of aliphatic imine (C=N–C) groups is 1. The fraction of sp³-hybridized carbons (Fsp3) is 0.500. The molecule has 0 spiro atoms. The van der Waals surface area contributed by atoms with Crippen LogP contribution in [-0.2, 0) is 0 Å². The van der Waals surface area contributed by atoms with Gasteiger partial charge in [0.25, 0.3) is 0 Å². The summed E-state index contributed by atoms with van der Waals surface area (Å²) in [6, 6.07) is 10.7. The van der Waals surface area contributed by atoms with Crippen LogP contribution < -0.4 is 5.32 Å². The van der Waals surface area contributed by atoms with E-state index in [1.807, 2.05) is 36.6 Å². The highest BCUT2D eigenvalue weighted by Crippen LogP contribution is 2.25. The summed E-state index contributed by atoms with van der Waals surface area (Å²) in [5.41, 5.74) is 0. The van der Waals surface area contributed by atoms with E-state index >= 15 is 0 Å². The Kier molecular flexibility index (Phi) is 8.47. The molecule has 0 amide bonds. The van der Waals surface area contributed by atoms with Gasteiger partial charge < -0.3 is 10.2 Å². The largest absolute Gasteiger partial charge is 0.355 e. The molecule has 0 bridgehead atoms. The molecular formula is C18H27N3S2. The summed E-state index contributed by atoms with van der Waals surface area (Å²) in [7, 11) is 1.88. The average molecular weight is 350 g/mol. The molecule has 0 saturated carbocycles. The molecule has 1 aliphatic rings. The van der Waals surface area contributed by atoms with Crippen molar-refractivity contribution in [3.63, 3.8) is 0 Å². The average Bonchev–Trinajstić information content (AvgIpc) is 3.06. The topological polar surface area (TPSA) is 27.6 Å². The van der Waals surface area contributed by atoms with Crippen LogP contribution in [-0.4, -0.2) is 54.8 Å². The van der Waals surface area contributed by atoms with Gasteiger partial charge >= 0.3 is 0 Å². The first-order chi connectivity index (χ1) is 11.3. The second-order valence-electron chi connectivity index (χ2n) is 5.56. The Morgan fingerprint density at radius 3 is 3.00 bits per heavy atom. The van der Waals surface area contributed by atoms with Crippen LogP contribution in [0.4, 0.5) is 0 Å². The molecule has 126 valence electrons. The van der Waals surface area contributed by atoms with E-state index in [1.165, 1.54) is 17.1 Å². The summed E-state index contributed by atoms with van der Waals surface area (Å²) < 4.78 is 0. The summed E-state index contributed by atoms with van der Waals surface area (Å²) >= 11 is 3.86. The van der Waals surface area contributed by atoms with Gasteiger partial charge in [-0.25, -0.2) is 0 Å². The van der Waals surface area contributed by atoms with Crippen LogP contribution in [0.25, 0.3) is 0 Å². The molecular weight excluding hydrogens is 322 g/mol. The van der Waals surface area contributed by atoms with Gasteiger partial charge in [-0.15, -0.1) is 18.3 Å². The fourth-order valence-corrected chi connectivity index (χ4v) is 4.26. The van der Waals surface area contributed by atoms with Gasteiger partial charge in [-0.2, -0.15) is 11.8 Å². The smallest absolute Gasteiger partial charge is 0.193 e. The van der Waals surface area contributed by atoms with Gasteiger partial charge in [0, 0.05) is 48.8 Å². The molecule has 1 atom stereocenters. The molecule has 2 rings (SSSR count). The third-order valence-corrected chi connectivity index (χ3v) is 6.00. The second kappa shape index (κ2) is 10.7. The minimum absolute atomic E-state index is 0.744.